The second-order valence-corrected chi connectivity index (χ2v) is 4.56. The molecule has 0 aromatic rings. The van der Waals surface area contributed by atoms with Gasteiger partial charge in [0.15, 0.2) is 0 Å². The maximum Gasteiger partial charge on any atom is 0.307 e. The van der Waals surface area contributed by atoms with E-state index in [1.807, 2.05) is 0 Å². The van der Waals surface area contributed by atoms with Crippen LogP contribution in [0, 0.1) is 23.7 Å². The number of rotatable bonds is 1. The zero-order valence-corrected chi connectivity index (χ0v) is 7.51. The summed E-state index contributed by atoms with van der Waals surface area (Å²) in [6.45, 7) is 0. The van der Waals surface area contributed by atoms with Crippen molar-refractivity contribution in [2.75, 3.05) is 0 Å². The molecule has 4 N–H and O–H groups in total. The second-order valence-electron chi connectivity index (χ2n) is 4.56. The van der Waals surface area contributed by atoms with Gasteiger partial charge in [0.25, 0.3) is 0 Å². The molecule has 1 saturated heterocycles. The van der Waals surface area contributed by atoms with Crippen LogP contribution in [0.15, 0.2) is 0 Å². The smallest absolute Gasteiger partial charge is 0.307 e. The zero-order chi connectivity index (χ0) is 10.0. The van der Waals surface area contributed by atoms with E-state index in [1.165, 1.54) is 0 Å². The first-order chi connectivity index (χ1) is 6.61. The average molecular weight is 196 g/mol. The highest BCUT2D eigenvalue weighted by molar-refractivity contribution is 5.89. The minimum absolute atomic E-state index is 0.00792. The second kappa shape index (κ2) is 2.28. The lowest BCUT2D eigenvalue weighted by molar-refractivity contribution is -0.147. The van der Waals surface area contributed by atoms with E-state index in [2.05, 4.69) is 5.32 Å². The number of carboxylic acid groups (broad SMARTS) is 1. The van der Waals surface area contributed by atoms with Gasteiger partial charge in [-0.25, -0.2) is 0 Å². The molecule has 1 amide bonds. The summed E-state index contributed by atoms with van der Waals surface area (Å²) in [6, 6.07) is -0.128. The molecule has 0 aromatic heterocycles. The molecule has 2 aliphatic carbocycles. The molecule has 1 heterocycles. The van der Waals surface area contributed by atoms with Gasteiger partial charge in [-0.1, -0.05) is 0 Å². The Hall–Kier alpha value is -1.10. The number of fused-ring (bicyclic) bond motifs is 1. The summed E-state index contributed by atoms with van der Waals surface area (Å²) in [5.74, 6) is -1.68. The number of carboxylic acids is 1. The number of hydrogen-bond donors (Lipinski definition) is 3. The summed E-state index contributed by atoms with van der Waals surface area (Å²) in [5.41, 5.74) is 5.91. The molecule has 0 spiro atoms. The van der Waals surface area contributed by atoms with Crippen molar-refractivity contribution >= 4 is 11.9 Å². The third-order valence-electron chi connectivity index (χ3n) is 4.12. The first-order valence-corrected chi connectivity index (χ1v) is 4.90. The van der Waals surface area contributed by atoms with Gasteiger partial charge in [0, 0.05) is 12.1 Å². The summed E-state index contributed by atoms with van der Waals surface area (Å²) in [6.07, 6.45) is 0.798. The van der Waals surface area contributed by atoms with E-state index in [0.29, 0.717) is 0 Å². The quantitative estimate of drug-likeness (QED) is 0.490. The van der Waals surface area contributed by atoms with Crippen LogP contribution in [-0.4, -0.2) is 29.1 Å². The number of amides is 1. The Bertz CT molecular complexity index is 330. The topological polar surface area (TPSA) is 92.4 Å². The maximum absolute atomic E-state index is 11.5. The molecular weight excluding hydrogens is 184 g/mol. The van der Waals surface area contributed by atoms with Crippen molar-refractivity contribution in [3.05, 3.63) is 0 Å². The number of carbonyl (C=O) groups is 2. The monoisotopic (exact) mass is 196 g/mol. The number of nitrogens with one attached hydrogen (secondary N) is 1. The van der Waals surface area contributed by atoms with E-state index in [4.69, 9.17) is 10.8 Å². The van der Waals surface area contributed by atoms with Crippen LogP contribution >= 0.6 is 0 Å². The minimum Gasteiger partial charge on any atom is -0.481 e. The molecule has 2 saturated carbocycles. The normalized spacial score (nSPS) is 53.6. The van der Waals surface area contributed by atoms with Gasteiger partial charge in [0.2, 0.25) is 5.91 Å². The first kappa shape index (κ1) is 8.23. The summed E-state index contributed by atoms with van der Waals surface area (Å²) >= 11 is 0. The van der Waals surface area contributed by atoms with Crippen LogP contribution in [-0.2, 0) is 9.59 Å². The highest BCUT2D eigenvalue weighted by Crippen LogP contribution is 2.54. The minimum atomic E-state index is -0.867. The van der Waals surface area contributed by atoms with Gasteiger partial charge < -0.3 is 16.2 Å². The molecule has 0 radical (unpaired) electrons. The fourth-order valence-electron chi connectivity index (χ4n) is 3.62. The third kappa shape index (κ3) is 0.706. The Balaban J connectivity index is 2.04. The number of carbonyl (C=O) groups excluding carboxylic acids is 1. The van der Waals surface area contributed by atoms with E-state index < -0.39 is 11.9 Å². The highest BCUT2D eigenvalue weighted by atomic mass is 16.4. The van der Waals surface area contributed by atoms with Crippen LogP contribution in [0.4, 0.5) is 0 Å². The van der Waals surface area contributed by atoms with Crippen LogP contribution in [0.1, 0.15) is 6.42 Å². The van der Waals surface area contributed by atoms with Gasteiger partial charge in [-0.3, -0.25) is 9.59 Å². The fraction of sp³-hybridized carbons (Fsp3) is 0.778. The van der Waals surface area contributed by atoms with Crippen molar-refractivity contribution in [2.45, 2.75) is 18.5 Å². The Kier molecular flexibility index (Phi) is 1.34. The molecule has 3 rings (SSSR count). The first-order valence-electron chi connectivity index (χ1n) is 4.90. The Labute approximate surface area is 80.6 Å². The molecule has 2 bridgehead atoms. The molecule has 3 aliphatic rings. The summed E-state index contributed by atoms with van der Waals surface area (Å²) in [4.78, 5) is 22.6. The van der Waals surface area contributed by atoms with Crippen LogP contribution in [0.5, 0.6) is 0 Å². The van der Waals surface area contributed by atoms with Gasteiger partial charge in [-0.05, 0) is 18.3 Å². The largest absolute Gasteiger partial charge is 0.481 e. The number of hydrogen-bond acceptors (Lipinski definition) is 3. The van der Waals surface area contributed by atoms with Crippen LogP contribution < -0.4 is 11.1 Å². The third-order valence-corrected chi connectivity index (χ3v) is 4.12. The van der Waals surface area contributed by atoms with Crippen LogP contribution in [0.3, 0.4) is 0 Å². The van der Waals surface area contributed by atoms with Gasteiger partial charge in [0.1, 0.15) is 0 Å². The van der Waals surface area contributed by atoms with Gasteiger partial charge >= 0.3 is 5.97 Å². The van der Waals surface area contributed by atoms with E-state index in [9.17, 15) is 9.59 Å². The SMILES string of the molecule is N[C@H]1[C@H]2C[C@H]3[C@@H]1NC(=O)[C@H]3[C@H]2C(=O)O. The standard InChI is InChI=1S/C9H12N2O3/c10-6-2-1-3-4(5(2)9(13)14)8(12)11-7(3)6/h2-7H,1,10H2,(H,11,12)(H,13,14)/t2-,3+,4+,5-,6-,7-/m0/s1. The van der Waals surface area contributed by atoms with E-state index in [1.54, 1.807) is 0 Å². The predicted molar refractivity (Wildman–Crippen MR) is 46.1 cm³/mol. The fourth-order valence-corrected chi connectivity index (χ4v) is 3.62. The molecule has 6 atom stereocenters. The summed E-state index contributed by atoms with van der Waals surface area (Å²) < 4.78 is 0. The van der Waals surface area contributed by atoms with Crippen molar-refractivity contribution in [3.63, 3.8) is 0 Å². The molecule has 3 fully saturated rings. The van der Waals surface area contributed by atoms with Crippen molar-refractivity contribution in [1.82, 2.24) is 5.32 Å². The van der Waals surface area contributed by atoms with Crippen LogP contribution in [0.25, 0.3) is 0 Å². The number of nitrogens with two attached hydrogens (primary N) is 1. The molecule has 76 valence electrons. The molecular formula is C9H12N2O3. The van der Waals surface area contributed by atoms with E-state index in [0.717, 1.165) is 6.42 Å². The van der Waals surface area contributed by atoms with Gasteiger partial charge in [-0.15, -0.1) is 0 Å². The Morgan fingerprint density at radius 3 is 2.86 bits per heavy atom. The molecule has 5 heteroatoms. The highest BCUT2D eigenvalue weighted by Gasteiger charge is 2.65. The lowest BCUT2D eigenvalue weighted by Gasteiger charge is -2.27. The van der Waals surface area contributed by atoms with E-state index in [-0.39, 0.29) is 35.7 Å². The molecule has 5 nitrogen and oxygen atoms in total. The molecule has 14 heavy (non-hydrogen) atoms. The van der Waals surface area contributed by atoms with Crippen LogP contribution in [0.2, 0.25) is 0 Å². The molecule has 0 unspecified atom stereocenters. The van der Waals surface area contributed by atoms with Crippen molar-refractivity contribution in [2.24, 2.45) is 29.4 Å². The van der Waals surface area contributed by atoms with Crippen molar-refractivity contribution < 1.29 is 14.7 Å². The Morgan fingerprint density at radius 1 is 1.50 bits per heavy atom. The van der Waals surface area contributed by atoms with Crippen molar-refractivity contribution in [1.29, 1.82) is 0 Å². The predicted octanol–water partition coefficient (Wildman–Crippen LogP) is -1.22. The van der Waals surface area contributed by atoms with Gasteiger partial charge in [-0.2, -0.15) is 0 Å². The Morgan fingerprint density at radius 2 is 2.21 bits per heavy atom. The lowest BCUT2D eigenvalue weighted by atomic mass is 9.78. The number of aliphatic carboxylic acids is 1. The lowest BCUT2D eigenvalue weighted by Crippen LogP contribution is -2.47. The maximum atomic E-state index is 11.5. The van der Waals surface area contributed by atoms with Crippen molar-refractivity contribution in [3.8, 4) is 0 Å². The average Bonchev–Trinajstić information content (AvgIpc) is 2.67. The van der Waals surface area contributed by atoms with E-state index >= 15 is 0 Å². The summed E-state index contributed by atoms with van der Waals surface area (Å²) in [7, 11) is 0. The van der Waals surface area contributed by atoms with Gasteiger partial charge in [0.05, 0.1) is 11.8 Å². The summed E-state index contributed by atoms with van der Waals surface area (Å²) in [5, 5.41) is 11.9. The molecule has 1 aliphatic heterocycles. The zero-order valence-electron chi connectivity index (χ0n) is 7.51. The molecule has 0 aromatic carbocycles.